The SMILES string of the molecule is Cc1ccc(OC2CO[C@H]3CN(C(=O)c4cc5ccc(Cl)cc5n4C)C[C@@H]3OC2)cn1. The molecule has 2 aromatic heterocycles. The summed E-state index contributed by atoms with van der Waals surface area (Å²) >= 11 is 6.12. The second-order valence-electron chi connectivity index (χ2n) is 8.12. The number of hydrogen-bond donors (Lipinski definition) is 0. The Morgan fingerprint density at radius 2 is 1.87 bits per heavy atom. The molecule has 0 bridgehead atoms. The molecule has 0 radical (unpaired) electrons. The van der Waals surface area contributed by atoms with Gasteiger partial charge in [0.25, 0.3) is 5.91 Å². The van der Waals surface area contributed by atoms with Crippen molar-refractivity contribution in [3.63, 3.8) is 0 Å². The minimum Gasteiger partial charge on any atom is -0.484 e. The van der Waals surface area contributed by atoms with Gasteiger partial charge in [-0.25, -0.2) is 0 Å². The van der Waals surface area contributed by atoms with Gasteiger partial charge in [0.1, 0.15) is 29.8 Å². The fraction of sp³-hybridized carbons (Fsp3) is 0.391. The summed E-state index contributed by atoms with van der Waals surface area (Å²) in [6.45, 7) is 3.73. The molecule has 162 valence electrons. The molecule has 2 aliphatic heterocycles. The van der Waals surface area contributed by atoms with E-state index in [-0.39, 0.29) is 24.2 Å². The van der Waals surface area contributed by atoms with Gasteiger partial charge in [-0.15, -0.1) is 0 Å². The summed E-state index contributed by atoms with van der Waals surface area (Å²) in [4.78, 5) is 19.3. The van der Waals surface area contributed by atoms with E-state index in [0.29, 0.717) is 42.8 Å². The second kappa shape index (κ2) is 8.15. The Morgan fingerprint density at radius 3 is 2.55 bits per heavy atom. The fourth-order valence-electron chi connectivity index (χ4n) is 4.19. The molecule has 2 fully saturated rings. The normalized spacial score (nSPS) is 21.8. The first-order valence-corrected chi connectivity index (χ1v) is 10.7. The third-order valence-electron chi connectivity index (χ3n) is 5.91. The van der Waals surface area contributed by atoms with Crippen molar-refractivity contribution < 1.29 is 19.0 Å². The highest BCUT2D eigenvalue weighted by Gasteiger charge is 2.40. The summed E-state index contributed by atoms with van der Waals surface area (Å²) in [5.74, 6) is 0.663. The number of amides is 1. The first-order valence-electron chi connectivity index (χ1n) is 10.3. The Hall–Kier alpha value is -2.61. The highest BCUT2D eigenvalue weighted by Crippen LogP contribution is 2.27. The van der Waals surface area contributed by atoms with Crippen molar-refractivity contribution in [3.8, 4) is 5.75 Å². The van der Waals surface area contributed by atoms with E-state index >= 15 is 0 Å². The highest BCUT2D eigenvalue weighted by atomic mass is 35.5. The lowest BCUT2D eigenvalue weighted by Crippen LogP contribution is -2.33. The van der Waals surface area contributed by atoms with Gasteiger partial charge in [0.15, 0.2) is 0 Å². The van der Waals surface area contributed by atoms with Gasteiger partial charge < -0.3 is 23.7 Å². The van der Waals surface area contributed by atoms with Crippen LogP contribution in [0, 0.1) is 6.92 Å². The van der Waals surface area contributed by atoms with E-state index in [1.54, 1.807) is 11.1 Å². The molecule has 0 unspecified atom stereocenters. The zero-order valence-electron chi connectivity index (χ0n) is 17.5. The average Bonchev–Trinajstić information content (AvgIpc) is 3.26. The summed E-state index contributed by atoms with van der Waals surface area (Å²) in [6, 6.07) is 11.3. The molecular weight excluding hydrogens is 418 g/mol. The van der Waals surface area contributed by atoms with Gasteiger partial charge in [0.2, 0.25) is 0 Å². The maximum Gasteiger partial charge on any atom is 0.270 e. The number of pyridine rings is 1. The Kier molecular flexibility index (Phi) is 5.33. The van der Waals surface area contributed by atoms with Crippen molar-refractivity contribution in [2.24, 2.45) is 7.05 Å². The van der Waals surface area contributed by atoms with Crippen molar-refractivity contribution >= 4 is 28.4 Å². The van der Waals surface area contributed by atoms with Crippen LogP contribution in [0.1, 0.15) is 16.2 Å². The van der Waals surface area contributed by atoms with Crippen LogP contribution in [0.3, 0.4) is 0 Å². The predicted molar refractivity (Wildman–Crippen MR) is 117 cm³/mol. The number of nitrogens with zero attached hydrogens (tertiary/aromatic N) is 3. The van der Waals surface area contributed by atoms with Gasteiger partial charge >= 0.3 is 0 Å². The van der Waals surface area contributed by atoms with Crippen LogP contribution >= 0.6 is 11.6 Å². The van der Waals surface area contributed by atoms with Gasteiger partial charge in [0.05, 0.1) is 19.4 Å². The standard InChI is InChI=1S/C23H24ClN3O4/c1-14-3-6-17(9-25-14)31-18-12-29-21-10-27(11-22(21)30-13-18)23(28)20-7-15-4-5-16(24)8-19(15)26(20)2/h3-9,18,21-22H,10-13H2,1-2H3/t21-,22-/m0/s1. The summed E-state index contributed by atoms with van der Waals surface area (Å²) in [5.41, 5.74) is 2.50. The molecule has 4 heterocycles. The summed E-state index contributed by atoms with van der Waals surface area (Å²) in [7, 11) is 1.88. The Morgan fingerprint density at radius 1 is 1.13 bits per heavy atom. The molecule has 0 aliphatic carbocycles. The summed E-state index contributed by atoms with van der Waals surface area (Å²) in [6.07, 6.45) is 1.16. The molecule has 5 rings (SSSR count). The zero-order chi connectivity index (χ0) is 21.5. The predicted octanol–water partition coefficient (Wildman–Crippen LogP) is 3.22. The number of fused-ring (bicyclic) bond motifs is 2. The molecule has 2 atom stereocenters. The zero-order valence-corrected chi connectivity index (χ0v) is 18.2. The van der Waals surface area contributed by atoms with E-state index in [1.165, 1.54) is 0 Å². The van der Waals surface area contributed by atoms with Crippen molar-refractivity contribution in [2.75, 3.05) is 26.3 Å². The van der Waals surface area contributed by atoms with Crippen LogP contribution < -0.4 is 4.74 Å². The molecule has 0 N–H and O–H groups in total. The van der Waals surface area contributed by atoms with E-state index in [9.17, 15) is 4.79 Å². The molecule has 0 spiro atoms. The first-order chi connectivity index (χ1) is 15.0. The number of likely N-dealkylation sites (tertiary alicyclic amines) is 1. The van der Waals surface area contributed by atoms with E-state index in [2.05, 4.69) is 4.98 Å². The van der Waals surface area contributed by atoms with Gasteiger partial charge in [0, 0.05) is 41.8 Å². The number of rotatable bonds is 3. The quantitative estimate of drug-likeness (QED) is 0.624. The van der Waals surface area contributed by atoms with Gasteiger partial charge in [-0.2, -0.15) is 0 Å². The largest absolute Gasteiger partial charge is 0.484 e. The smallest absolute Gasteiger partial charge is 0.270 e. The van der Waals surface area contributed by atoms with E-state index in [0.717, 1.165) is 16.6 Å². The Labute approximate surface area is 185 Å². The molecule has 31 heavy (non-hydrogen) atoms. The lowest BCUT2D eigenvalue weighted by molar-refractivity contribution is -0.00461. The molecule has 1 amide bonds. The van der Waals surface area contributed by atoms with Crippen LogP contribution in [0.5, 0.6) is 5.75 Å². The molecule has 3 aromatic rings. The molecule has 0 saturated carbocycles. The van der Waals surface area contributed by atoms with Gasteiger partial charge in [-0.1, -0.05) is 17.7 Å². The van der Waals surface area contributed by atoms with Crippen LogP contribution in [0.15, 0.2) is 42.6 Å². The van der Waals surface area contributed by atoms with Crippen LogP contribution in [0.4, 0.5) is 0 Å². The van der Waals surface area contributed by atoms with Crippen LogP contribution in [-0.4, -0.2) is 65.0 Å². The fourth-order valence-corrected chi connectivity index (χ4v) is 4.36. The molecule has 1 aromatic carbocycles. The number of carbonyl (C=O) groups is 1. The minimum atomic E-state index is -0.206. The topological polar surface area (TPSA) is 65.8 Å². The molecule has 2 saturated heterocycles. The number of aromatic nitrogens is 2. The number of aryl methyl sites for hydroxylation is 2. The second-order valence-corrected chi connectivity index (χ2v) is 8.56. The highest BCUT2D eigenvalue weighted by molar-refractivity contribution is 6.31. The third kappa shape index (κ3) is 4.01. The Bertz CT molecular complexity index is 1100. The van der Waals surface area contributed by atoms with Crippen molar-refractivity contribution in [3.05, 3.63) is 59.0 Å². The Balaban J connectivity index is 1.24. The first kappa shape index (κ1) is 20.3. The summed E-state index contributed by atoms with van der Waals surface area (Å²) < 4.78 is 20.0. The van der Waals surface area contributed by atoms with Crippen LogP contribution in [0.25, 0.3) is 10.9 Å². The summed E-state index contributed by atoms with van der Waals surface area (Å²) in [5, 5.41) is 1.64. The van der Waals surface area contributed by atoms with Crippen LogP contribution in [-0.2, 0) is 16.5 Å². The lowest BCUT2D eigenvalue weighted by Gasteiger charge is -2.20. The lowest BCUT2D eigenvalue weighted by atomic mass is 10.2. The van der Waals surface area contributed by atoms with E-state index < -0.39 is 0 Å². The molecule has 2 aliphatic rings. The number of ether oxygens (including phenoxy) is 3. The monoisotopic (exact) mass is 441 g/mol. The molecule has 8 heteroatoms. The number of hydrogen-bond acceptors (Lipinski definition) is 5. The van der Waals surface area contributed by atoms with Crippen molar-refractivity contribution in [1.82, 2.24) is 14.5 Å². The van der Waals surface area contributed by atoms with Crippen LogP contribution in [0.2, 0.25) is 5.02 Å². The van der Waals surface area contributed by atoms with E-state index in [4.69, 9.17) is 25.8 Å². The van der Waals surface area contributed by atoms with Gasteiger partial charge in [-0.3, -0.25) is 9.78 Å². The van der Waals surface area contributed by atoms with Crippen molar-refractivity contribution in [1.29, 1.82) is 0 Å². The number of benzene rings is 1. The third-order valence-corrected chi connectivity index (χ3v) is 6.14. The molecular formula is C23H24ClN3O4. The maximum absolute atomic E-state index is 13.2. The minimum absolute atomic E-state index is 0.0337. The molecule has 7 nitrogen and oxygen atoms in total. The average molecular weight is 442 g/mol. The number of halogens is 1. The number of carbonyl (C=O) groups excluding carboxylic acids is 1. The van der Waals surface area contributed by atoms with E-state index in [1.807, 2.05) is 54.9 Å². The van der Waals surface area contributed by atoms with Crippen molar-refractivity contribution in [2.45, 2.75) is 25.2 Å². The van der Waals surface area contributed by atoms with Gasteiger partial charge in [-0.05, 0) is 37.3 Å². The maximum atomic E-state index is 13.2.